The van der Waals surface area contributed by atoms with Gasteiger partial charge >= 0.3 is 0 Å². The van der Waals surface area contributed by atoms with Gasteiger partial charge in [-0.25, -0.2) is 0 Å². The fourth-order valence-corrected chi connectivity index (χ4v) is 2.57. The third kappa shape index (κ3) is 2.81. The van der Waals surface area contributed by atoms with Crippen LogP contribution in [0.25, 0.3) is 0 Å². The lowest BCUT2D eigenvalue weighted by Crippen LogP contribution is -2.32. The lowest BCUT2D eigenvalue weighted by Gasteiger charge is -2.21. The Bertz CT molecular complexity index is 578. The normalized spacial score (nSPS) is 14.4. The molecule has 5 heteroatoms. The van der Waals surface area contributed by atoms with E-state index in [1.807, 2.05) is 11.0 Å². The first-order valence-corrected chi connectivity index (χ1v) is 7.11. The van der Waals surface area contributed by atoms with Crippen LogP contribution in [0.2, 0.25) is 0 Å². The second kappa shape index (κ2) is 5.09. The summed E-state index contributed by atoms with van der Waals surface area (Å²) < 4.78 is 7.96. The maximum Gasteiger partial charge on any atom is 0.275 e. The number of hydrogen-bond donors (Lipinski definition) is 0. The highest BCUT2D eigenvalue weighted by molar-refractivity contribution is 6.99. The molecule has 0 aliphatic heterocycles. The maximum absolute atomic E-state index is 12.4. The van der Waals surface area contributed by atoms with Crippen molar-refractivity contribution in [3.8, 4) is 0 Å². The Morgan fingerprint density at radius 3 is 2.95 bits per heavy atom. The zero-order valence-electron chi connectivity index (χ0n) is 10.7. The smallest absolute Gasteiger partial charge is 0.275 e. The van der Waals surface area contributed by atoms with Gasteiger partial charge in [-0.2, -0.15) is 8.75 Å². The van der Waals surface area contributed by atoms with E-state index in [2.05, 4.69) is 33.9 Å². The second-order valence-corrected chi connectivity index (χ2v) is 5.50. The van der Waals surface area contributed by atoms with Gasteiger partial charge in [-0.1, -0.05) is 29.8 Å². The highest BCUT2D eigenvalue weighted by Crippen LogP contribution is 2.29. The molecule has 4 nitrogen and oxygen atoms in total. The average Bonchev–Trinajstić information content (AvgIpc) is 3.09. The Hall–Kier alpha value is -1.75. The second-order valence-electron chi connectivity index (χ2n) is 4.95. The van der Waals surface area contributed by atoms with Gasteiger partial charge in [0.1, 0.15) is 0 Å². The first-order valence-electron chi connectivity index (χ1n) is 6.38. The lowest BCUT2D eigenvalue weighted by atomic mass is 10.1. The third-order valence-corrected chi connectivity index (χ3v) is 3.74. The van der Waals surface area contributed by atoms with Crippen molar-refractivity contribution in [3.05, 3.63) is 47.3 Å². The van der Waals surface area contributed by atoms with Crippen molar-refractivity contribution < 1.29 is 4.79 Å². The van der Waals surface area contributed by atoms with E-state index in [-0.39, 0.29) is 5.91 Å². The van der Waals surface area contributed by atoms with Crippen LogP contribution in [0.4, 0.5) is 0 Å². The van der Waals surface area contributed by atoms with Crippen LogP contribution in [0.3, 0.4) is 0 Å². The van der Waals surface area contributed by atoms with Crippen molar-refractivity contribution in [2.45, 2.75) is 32.4 Å². The van der Waals surface area contributed by atoms with Gasteiger partial charge in [0.25, 0.3) is 5.91 Å². The fourth-order valence-electron chi connectivity index (χ4n) is 2.17. The van der Waals surface area contributed by atoms with Crippen LogP contribution >= 0.6 is 11.7 Å². The van der Waals surface area contributed by atoms with Gasteiger partial charge in [0.15, 0.2) is 5.69 Å². The number of benzene rings is 1. The van der Waals surface area contributed by atoms with Gasteiger partial charge in [0, 0.05) is 12.6 Å². The van der Waals surface area contributed by atoms with Gasteiger partial charge in [0.2, 0.25) is 0 Å². The highest BCUT2D eigenvalue weighted by Gasteiger charge is 2.33. The van der Waals surface area contributed by atoms with E-state index in [0.717, 1.165) is 24.6 Å². The molecule has 1 amide bonds. The van der Waals surface area contributed by atoms with E-state index in [4.69, 9.17) is 0 Å². The molecule has 1 aromatic carbocycles. The first-order chi connectivity index (χ1) is 9.24. The topological polar surface area (TPSA) is 46.1 Å². The number of nitrogens with zero attached hydrogens (tertiary/aromatic N) is 3. The van der Waals surface area contributed by atoms with Crippen LogP contribution in [0.15, 0.2) is 30.5 Å². The number of amides is 1. The van der Waals surface area contributed by atoms with Crippen molar-refractivity contribution >= 4 is 17.6 Å². The number of hydrogen-bond acceptors (Lipinski definition) is 4. The molecule has 0 N–H and O–H groups in total. The van der Waals surface area contributed by atoms with Crippen molar-refractivity contribution in [2.24, 2.45) is 0 Å². The van der Waals surface area contributed by atoms with Gasteiger partial charge < -0.3 is 4.90 Å². The summed E-state index contributed by atoms with van der Waals surface area (Å²) in [6.07, 6.45) is 3.74. The van der Waals surface area contributed by atoms with Crippen LogP contribution in [0.1, 0.15) is 34.5 Å². The summed E-state index contributed by atoms with van der Waals surface area (Å²) in [6.45, 7) is 2.72. The molecule has 1 heterocycles. The van der Waals surface area contributed by atoms with Crippen LogP contribution in [-0.2, 0) is 6.54 Å². The summed E-state index contributed by atoms with van der Waals surface area (Å²) in [7, 11) is 0. The zero-order chi connectivity index (χ0) is 13.2. The summed E-state index contributed by atoms with van der Waals surface area (Å²) in [5.74, 6) is -0.00208. The number of aryl methyl sites for hydroxylation is 1. The Labute approximate surface area is 116 Å². The predicted octanol–water partition coefficient (Wildman–Crippen LogP) is 2.65. The van der Waals surface area contributed by atoms with E-state index >= 15 is 0 Å². The molecule has 1 aromatic heterocycles. The summed E-state index contributed by atoms with van der Waals surface area (Å²) >= 11 is 1.08. The van der Waals surface area contributed by atoms with Crippen molar-refractivity contribution in [1.82, 2.24) is 13.6 Å². The first kappa shape index (κ1) is 12.3. The van der Waals surface area contributed by atoms with E-state index in [9.17, 15) is 4.79 Å². The molecule has 0 atom stereocenters. The Kier molecular flexibility index (Phi) is 3.29. The molecule has 1 fully saturated rings. The third-order valence-electron chi connectivity index (χ3n) is 3.26. The molecular formula is C14H15N3OS. The summed E-state index contributed by atoms with van der Waals surface area (Å²) in [5, 5.41) is 0. The summed E-state index contributed by atoms with van der Waals surface area (Å²) in [6, 6.07) is 8.66. The molecule has 0 radical (unpaired) electrons. The van der Waals surface area contributed by atoms with Gasteiger partial charge in [-0.05, 0) is 25.3 Å². The molecule has 1 aliphatic rings. The lowest BCUT2D eigenvalue weighted by molar-refractivity contribution is 0.0725. The van der Waals surface area contributed by atoms with E-state index in [1.54, 1.807) is 6.20 Å². The quantitative estimate of drug-likeness (QED) is 0.860. The molecule has 0 saturated heterocycles. The monoisotopic (exact) mass is 273 g/mol. The van der Waals surface area contributed by atoms with Gasteiger partial charge in [-0.15, -0.1) is 0 Å². The molecule has 98 valence electrons. The molecular weight excluding hydrogens is 258 g/mol. The minimum absolute atomic E-state index is 0.00208. The molecule has 19 heavy (non-hydrogen) atoms. The standard InChI is InChI=1S/C14H15N3OS/c1-10-3-2-4-11(7-10)9-17(12-5-6-12)14(18)13-8-15-19-16-13/h2-4,7-8,12H,5-6,9H2,1H3. The Balaban J connectivity index is 1.80. The number of carbonyl (C=O) groups is 1. The largest absolute Gasteiger partial charge is 0.330 e. The maximum atomic E-state index is 12.4. The van der Waals surface area contributed by atoms with Crippen molar-refractivity contribution in [3.63, 3.8) is 0 Å². The van der Waals surface area contributed by atoms with Crippen LogP contribution in [0, 0.1) is 6.92 Å². The summed E-state index contributed by atoms with van der Waals surface area (Å²) in [5.41, 5.74) is 2.85. The molecule has 2 aromatic rings. The van der Waals surface area contributed by atoms with Crippen LogP contribution in [-0.4, -0.2) is 25.6 Å². The molecule has 0 bridgehead atoms. The minimum atomic E-state index is -0.00208. The summed E-state index contributed by atoms with van der Waals surface area (Å²) in [4.78, 5) is 14.3. The van der Waals surface area contributed by atoms with Gasteiger partial charge in [0.05, 0.1) is 17.9 Å². The molecule has 0 spiro atoms. The van der Waals surface area contributed by atoms with Crippen LogP contribution in [0.5, 0.6) is 0 Å². The average molecular weight is 273 g/mol. The zero-order valence-corrected chi connectivity index (χ0v) is 11.6. The number of carbonyl (C=O) groups excluding carboxylic acids is 1. The predicted molar refractivity (Wildman–Crippen MR) is 74.0 cm³/mol. The molecule has 1 saturated carbocycles. The Morgan fingerprint density at radius 2 is 2.32 bits per heavy atom. The fraction of sp³-hybridized carbons (Fsp3) is 0.357. The molecule has 1 aliphatic carbocycles. The van der Waals surface area contributed by atoms with E-state index in [1.165, 1.54) is 11.1 Å². The number of rotatable bonds is 4. The SMILES string of the molecule is Cc1cccc(CN(C(=O)c2cnsn2)C2CC2)c1. The Morgan fingerprint density at radius 1 is 1.47 bits per heavy atom. The van der Waals surface area contributed by atoms with Crippen LogP contribution < -0.4 is 0 Å². The molecule has 3 rings (SSSR count). The van der Waals surface area contributed by atoms with Crippen molar-refractivity contribution in [1.29, 1.82) is 0 Å². The van der Waals surface area contributed by atoms with E-state index < -0.39 is 0 Å². The minimum Gasteiger partial charge on any atom is -0.330 e. The highest BCUT2D eigenvalue weighted by atomic mass is 32.1. The molecule has 0 unspecified atom stereocenters. The van der Waals surface area contributed by atoms with Crippen molar-refractivity contribution in [2.75, 3.05) is 0 Å². The number of aromatic nitrogens is 2. The van der Waals surface area contributed by atoms with E-state index in [0.29, 0.717) is 18.3 Å². The van der Waals surface area contributed by atoms with Gasteiger partial charge in [-0.3, -0.25) is 4.79 Å².